The van der Waals surface area contributed by atoms with Crippen LogP contribution in [0.1, 0.15) is 72.1 Å². The van der Waals surface area contributed by atoms with Crippen molar-refractivity contribution in [3.05, 3.63) is 77.1 Å². The maximum absolute atomic E-state index is 12.8. The number of carboxylic acids is 1. The normalized spacial score (nSPS) is 26.3. The second-order valence-corrected chi connectivity index (χ2v) is 11.6. The molecule has 36 heavy (non-hydrogen) atoms. The van der Waals surface area contributed by atoms with Crippen LogP contribution < -0.4 is 5.32 Å². The lowest BCUT2D eigenvalue weighted by atomic mass is 9.49. The van der Waals surface area contributed by atoms with Gasteiger partial charge >= 0.3 is 5.97 Å². The minimum absolute atomic E-state index is 0.00729. The minimum Gasteiger partial charge on any atom is -0.481 e. The number of nitrogens with zero attached hydrogens (tertiary/aromatic N) is 1. The second-order valence-electron chi connectivity index (χ2n) is 11.6. The molecule has 4 bridgehead atoms. The largest absolute Gasteiger partial charge is 0.481 e. The number of aliphatic carboxylic acids is 1. The van der Waals surface area contributed by atoms with Crippen LogP contribution in [-0.2, 0) is 17.6 Å². The number of carbonyl (C=O) groups is 2. The van der Waals surface area contributed by atoms with Crippen LogP contribution in [0.15, 0.2) is 54.7 Å². The molecule has 4 saturated carbocycles. The van der Waals surface area contributed by atoms with Crippen LogP contribution in [0, 0.1) is 23.2 Å². The maximum Gasteiger partial charge on any atom is 0.307 e. The van der Waals surface area contributed by atoms with Crippen molar-refractivity contribution in [3.8, 4) is 0 Å². The quantitative estimate of drug-likeness (QED) is 0.426. The van der Waals surface area contributed by atoms with E-state index in [1.54, 1.807) is 6.20 Å². The average Bonchev–Trinajstić information content (AvgIpc) is 2.85. The second kappa shape index (κ2) is 9.34. The van der Waals surface area contributed by atoms with Crippen LogP contribution >= 0.6 is 0 Å². The van der Waals surface area contributed by atoms with Gasteiger partial charge in [0.15, 0.2) is 0 Å². The number of carboxylic acid groups (broad SMARTS) is 1. The molecule has 4 aliphatic carbocycles. The van der Waals surface area contributed by atoms with Crippen LogP contribution in [0.2, 0.25) is 0 Å². The van der Waals surface area contributed by atoms with Gasteiger partial charge < -0.3 is 10.4 Å². The van der Waals surface area contributed by atoms with Crippen LogP contribution in [0.5, 0.6) is 0 Å². The first kappa shape index (κ1) is 23.2. The molecule has 5 nitrogen and oxygen atoms in total. The molecule has 0 aliphatic heterocycles. The Labute approximate surface area is 212 Å². The molecule has 7 rings (SSSR count). The average molecular weight is 483 g/mol. The van der Waals surface area contributed by atoms with Crippen molar-refractivity contribution in [2.24, 2.45) is 23.2 Å². The van der Waals surface area contributed by atoms with Crippen LogP contribution in [0.25, 0.3) is 10.8 Å². The fourth-order valence-corrected chi connectivity index (χ4v) is 7.86. The molecule has 0 atom stereocenters. The molecule has 3 aromatic rings. The summed E-state index contributed by atoms with van der Waals surface area (Å²) < 4.78 is 0. The van der Waals surface area contributed by atoms with Gasteiger partial charge in [0.1, 0.15) is 0 Å². The van der Waals surface area contributed by atoms with E-state index in [1.165, 1.54) is 38.5 Å². The summed E-state index contributed by atoms with van der Waals surface area (Å²) in [5, 5.41) is 14.3. The first-order valence-corrected chi connectivity index (χ1v) is 13.4. The summed E-state index contributed by atoms with van der Waals surface area (Å²) in [5.41, 5.74) is 3.89. The smallest absolute Gasteiger partial charge is 0.307 e. The third kappa shape index (κ3) is 4.63. The fourth-order valence-electron chi connectivity index (χ4n) is 7.86. The van der Waals surface area contributed by atoms with Crippen molar-refractivity contribution in [3.63, 3.8) is 0 Å². The zero-order valence-electron chi connectivity index (χ0n) is 20.7. The summed E-state index contributed by atoms with van der Waals surface area (Å²) in [6.07, 6.45) is 11.9. The number of rotatable bonds is 8. The lowest BCUT2D eigenvalue weighted by molar-refractivity contribution is -0.136. The van der Waals surface area contributed by atoms with Gasteiger partial charge in [-0.3, -0.25) is 14.6 Å². The summed E-state index contributed by atoms with van der Waals surface area (Å²) in [7, 11) is 0. The monoisotopic (exact) mass is 482 g/mol. The molecular formula is C31H34N2O3. The van der Waals surface area contributed by atoms with Crippen LogP contribution in [-0.4, -0.2) is 28.5 Å². The zero-order valence-corrected chi connectivity index (χ0v) is 20.7. The number of fused-ring (bicyclic) bond motifs is 1. The molecule has 0 saturated heterocycles. The molecule has 5 heteroatoms. The first-order chi connectivity index (χ1) is 17.5. The van der Waals surface area contributed by atoms with E-state index in [0.29, 0.717) is 17.4 Å². The van der Waals surface area contributed by atoms with Gasteiger partial charge in [-0.25, -0.2) is 0 Å². The van der Waals surface area contributed by atoms with E-state index >= 15 is 0 Å². The van der Waals surface area contributed by atoms with Gasteiger partial charge in [-0.15, -0.1) is 0 Å². The number of carbonyl (C=O) groups excluding carboxylic acids is 1. The molecule has 0 unspecified atom stereocenters. The maximum atomic E-state index is 12.8. The van der Waals surface area contributed by atoms with E-state index in [2.05, 4.69) is 10.3 Å². The van der Waals surface area contributed by atoms with Crippen molar-refractivity contribution in [2.75, 3.05) is 6.54 Å². The van der Waals surface area contributed by atoms with Gasteiger partial charge in [-0.1, -0.05) is 36.4 Å². The van der Waals surface area contributed by atoms with Crippen molar-refractivity contribution in [1.82, 2.24) is 10.3 Å². The van der Waals surface area contributed by atoms with Gasteiger partial charge in [-0.05, 0) is 96.8 Å². The van der Waals surface area contributed by atoms with E-state index in [-0.39, 0.29) is 12.3 Å². The van der Waals surface area contributed by atoms with Gasteiger partial charge in [0.2, 0.25) is 0 Å². The summed E-state index contributed by atoms with van der Waals surface area (Å²) in [4.78, 5) is 28.6. The topological polar surface area (TPSA) is 79.3 Å². The van der Waals surface area contributed by atoms with E-state index in [0.717, 1.165) is 58.3 Å². The van der Waals surface area contributed by atoms with Crippen molar-refractivity contribution >= 4 is 22.6 Å². The molecule has 1 amide bonds. The van der Waals surface area contributed by atoms with Gasteiger partial charge in [-0.2, -0.15) is 0 Å². The van der Waals surface area contributed by atoms with Crippen molar-refractivity contribution in [2.45, 2.75) is 57.8 Å². The van der Waals surface area contributed by atoms with Crippen molar-refractivity contribution < 1.29 is 14.7 Å². The molecule has 2 N–H and O–H groups in total. The Morgan fingerprint density at radius 2 is 1.56 bits per heavy atom. The summed E-state index contributed by atoms with van der Waals surface area (Å²) in [5.74, 6) is 1.98. The Morgan fingerprint density at radius 1 is 0.917 bits per heavy atom. The summed E-state index contributed by atoms with van der Waals surface area (Å²) in [6.45, 7) is 0.769. The Hall–Kier alpha value is -3.21. The number of aromatic nitrogens is 1. The molecule has 4 fully saturated rings. The first-order valence-electron chi connectivity index (χ1n) is 13.4. The highest BCUT2D eigenvalue weighted by Crippen LogP contribution is 2.61. The lowest BCUT2D eigenvalue weighted by Gasteiger charge is -2.57. The molecule has 4 aliphatic rings. The highest BCUT2D eigenvalue weighted by molar-refractivity contribution is 5.94. The van der Waals surface area contributed by atoms with Crippen LogP contribution in [0.3, 0.4) is 0 Å². The number of nitrogens with one attached hydrogen (secondary N) is 1. The SMILES string of the molecule is O=C(O)Cc1cnc(Cc2ccc(C(=O)NCCC34CC5CC(CC(C5)C3)C4)cc2)c2ccccc12. The van der Waals surface area contributed by atoms with E-state index in [1.807, 2.05) is 48.5 Å². The third-order valence-electron chi connectivity index (χ3n) is 9.00. The molecular weight excluding hydrogens is 448 g/mol. The highest BCUT2D eigenvalue weighted by Gasteiger charge is 2.50. The Bertz CT molecular complexity index is 1260. The molecule has 1 heterocycles. The Balaban J connectivity index is 1.08. The van der Waals surface area contributed by atoms with E-state index in [4.69, 9.17) is 0 Å². The lowest BCUT2D eigenvalue weighted by Crippen LogP contribution is -2.47. The Morgan fingerprint density at radius 3 is 2.19 bits per heavy atom. The number of hydrogen-bond donors (Lipinski definition) is 2. The van der Waals surface area contributed by atoms with Gasteiger partial charge in [0, 0.05) is 30.1 Å². The fraction of sp³-hybridized carbons (Fsp3) is 0.452. The predicted octanol–water partition coefficient (Wildman–Crippen LogP) is 5.79. The van der Waals surface area contributed by atoms with E-state index in [9.17, 15) is 14.7 Å². The number of pyridine rings is 1. The summed E-state index contributed by atoms with van der Waals surface area (Å²) in [6, 6.07) is 15.6. The molecule has 0 radical (unpaired) electrons. The predicted molar refractivity (Wildman–Crippen MR) is 140 cm³/mol. The third-order valence-corrected chi connectivity index (χ3v) is 9.00. The van der Waals surface area contributed by atoms with E-state index < -0.39 is 5.97 Å². The molecule has 186 valence electrons. The Kier molecular flexibility index (Phi) is 6.02. The summed E-state index contributed by atoms with van der Waals surface area (Å²) >= 11 is 0. The zero-order chi connectivity index (χ0) is 24.7. The highest BCUT2D eigenvalue weighted by atomic mass is 16.4. The molecule has 0 spiro atoms. The number of hydrogen-bond acceptors (Lipinski definition) is 3. The van der Waals surface area contributed by atoms with Gasteiger partial charge in [0.25, 0.3) is 5.91 Å². The van der Waals surface area contributed by atoms with Gasteiger partial charge in [0.05, 0.1) is 12.1 Å². The molecule has 2 aromatic carbocycles. The standard InChI is InChI=1S/C31H34N2O3/c34-29(35)15-25-19-33-28(27-4-2-1-3-26(25)27)14-20-5-7-24(8-6-20)30(36)32-10-9-31-16-21-11-22(17-31)13-23(12-21)18-31/h1-8,19,21-23H,9-18H2,(H,32,36)(H,34,35). The minimum atomic E-state index is -0.860. The molecule has 1 aromatic heterocycles. The van der Waals surface area contributed by atoms with Crippen LogP contribution in [0.4, 0.5) is 0 Å². The number of amides is 1. The number of benzene rings is 2. The van der Waals surface area contributed by atoms with Crippen molar-refractivity contribution in [1.29, 1.82) is 0 Å².